The molecule has 0 saturated heterocycles. The summed E-state index contributed by atoms with van der Waals surface area (Å²) in [6.45, 7) is 4.74. The maximum atomic E-state index is 11.5. The van der Waals surface area contributed by atoms with E-state index in [1.807, 2.05) is 5.38 Å². The summed E-state index contributed by atoms with van der Waals surface area (Å²) in [6, 6.07) is 2.07. The van der Waals surface area contributed by atoms with Crippen molar-refractivity contribution in [1.82, 2.24) is 5.32 Å². The van der Waals surface area contributed by atoms with Crippen LogP contribution < -0.4 is 5.32 Å². The van der Waals surface area contributed by atoms with Crippen molar-refractivity contribution >= 4 is 23.2 Å². The minimum absolute atomic E-state index is 0.112. The molecule has 1 rings (SSSR count). The normalized spacial score (nSPS) is 10.1. The van der Waals surface area contributed by atoms with Gasteiger partial charge in [0, 0.05) is 11.3 Å². The van der Waals surface area contributed by atoms with E-state index in [0.717, 1.165) is 6.42 Å². The molecule has 1 aromatic heterocycles. The second-order valence-corrected chi connectivity index (χ2v) is 4.80. The summed E-state index contributed by atoms with van der Waals surface area (Å²) < 4.78 is 4.76. The predicted octanol–water partition coefficient (Wildman–Crippen LogP) is 2.27. The molecule has 0 aliphatic carbocycles. The molecule has 0 atom stereocenters. The van der Waals surface area contributed by atoms with Crippen LogP contribution in [0.25, 0.3) is 0 Å². The Bertz CT molecular complexity index is 401. The molecule has 0 aromatic carbocycles. The van der Waals surface area contributed by atoms with Gasteiger partial charge in [0.2, 0.25) is 5.91 Å². The van der Waals surface area contributed by atoms with Crippen molar-refractivity contribution in [2.24, 2.45) is 0 Å². The predicted molar refractivity (Wildman–Crippen MR) is 71.4 cm³/mol. The number of aryl methyl sites for hydroxylation is 1. The maximum Gasteiger partial charge on any atom is 0.306 e. The zero-order chi connectivity index (χ0) is 13.4. The minimum Gasteiger partial charge on any atom is -0.466 e. The summed E-state index contributed by atoms with van der Waals surface area (Å²) in [6.07, 6.45) is 1.30. The first-order valence-electron chi connectivity index (χ1n) is 6.14. The lowest BCUT2D eigenvalue weighted by Crippen LogP contribution is -2.23. The summed E-state index contributed by atoms with van der Waals surface area (Å²) in [5, 5.41) is 4.85. The highest BCUT2D eigenvalue weighted by atomic mass is 32.1. The number of amides is 1. The number of ether oxygens (including phenoxy) is 1. The van der Waals surface area contributed by atoms with E-state index in [1.165, 1.54) is 10.4 Å². The van der Waals surface area contributed by atoms with E-state index in [4.69, 9.17) is 4.74 Å². The molecule has 100 valence electrons. The van der Waals surface area contributed by atoms with Gasteiger partial charge >= 0.3 is 5.97 Å². The molecule has 5 heteroatoms. The van der Waals surface area contributed by atoms with Crippen molar-refractivity contribution in [3.05, 3.63) is 21.9 Å². The molecule has 0 aliphatic rings. The Balaban J connectivity index is 2.27. The van der Waals surface area contributed by atoms with Gasteiger partial charge in [0.1, 0.15) is 0 Å². The smallest absolute Gasteiger partial charge is 0.306 e. The van der Waals surface area contributed by atoms with Crippen molar-refractivity contribution in [2.45, 2.75) is 39.7 Å². The number of esters is 1. The summed E-state index contributed by atoms with van der Waals surface area (Å²) in [7, 11) is 0. The molecule has 1 N–H and O–H groups in total. The molecule has 0 aliphatic heterocycles. The molecule has 0 radical (unpaired) electrons. The van der Waals surface area contributed by atoms with E-state index in [9.17, 15) is 9.59 Å². The van der Waals surface area contributed by atoms with Gasteiger partial charge in [-0.2, -0.15) is 0 Å². The monoisotopic (exact) mass is 269 g/mol. The average molecular weight is 269 g/mol. The van der Waals surface area contributed by atoms with E-state index < -0.39 is 0 Å². The number of hydrogen-bond donors (Lipinski definition) is 1. The highest BCUT2D eigenvalue weighted by Crippen LogP contribution is 2.16. The van der Waals surface area contributed by atoms with Crippen LogP contribution in [0.1, 0.15) is 37.1 Å². The third kappa shape index (κ3) is 4.87. The molecular weight excluding hydrogens is 250 g/mol. The first-order chi connectivity index (χ1) is 8.67. The molecule has 1 heterocycles. The van der Waals surface area contributed by atoms with Gasteiger partial charge in [-0.05, 0) is 30.4 Å². The lowest BCUT2D eigenvalue weighted by atomic mass is 10.2. The van der Waals surface area contributed by atoms with Crippen molar-refractivity contribution in [2.75, 3.05) is 6.61 Å². The Labute approximate surface area is 111 Å². The molecule has 1 aromatic rings. The summed E-state index contributed by atoms with van der Waals surface area (Å²) in [5.74, 6) is -0.434. The molecule has 0 saturated carbocycles. The van der Waals surface area contributed by atoms with Crippen molar-refractivity contribution in [1.29, 1.82) is 0 Å². The number of carbonyl (C=O) groups is 2. The first kappa shape index (κ1) is 14.7. The lowest BCUT2D eigenvalue weighted by Gasteiger charge is -2.05. The highest BCUT2D eigenvalue weighted by Gasteiger charge is 2.08. The van der Waals surface area contributed by atoms with Crippen molar-refractivity contribution < 1.29 is 14.3 Å². The number of hydrogen-bond acceptors (Lipinski definition) is 4. The van der Waals surface area contributed by atoms with Crippen LogP contribution in [-0.4, -0.2) is 18.5 Å². The van der Waals surface area contributed by atoms with Gasteiger partial charge in [-0.25, -0.2) is 0 Å². The Morgan fingerprint density at radius 3 is 2.78 bits per heavy atom. The first-order valence-corrected chi connectivity index (χ1v) is 7.02. The second-order valence-electron chi connectivity index (χ2n) is 3.80. The van der Waals surface area contributed by atoms with Crippen LogP contribution in [0.4, 0.5) is 0 Å². The molecule has 0 bridgehead atoms. The van der Waals surface area contributed by atoms with Crippen molar-refractivity contribution in [3.63, 3.8) is 0 Å². The second kappa shape index (κ2) is 7.87. The van der Waals surface area contributed by atoms with Gasteiger partial charge in [0.15, 0.2) is 0 Å². The minimum atomic E-state index is -0.321. The largest absolute Gasteiger partial charge is 0.466 e. The van der Waals surface area contributed by atoms with Crippen LogP contribution in [0.5, 0.6) is 0 Å². The van der Waals surface area contributed by atoms with Gasteiger partial charge in [0.25, 0.3) is 0 Å². The standard InChI is InChI=1S/C13H19NO3S/c1-3-10-7-8-18-11(10)9-14-12(15)5-6-13(16)17-4-2/h7-8H,3-6,9H2,1-2H3,(H,14,15). The lowest BCUT2D eigenvalue weighted by molar-refractivity contribution is -0.144. The summed E-state index contributed by atoms with van der Waals surface area (Å²) in [4.78, 5) is 23.8. The molecular formula is C13H19NO3S. The van der Waals surface area contributed by atoms with Gasteiger partial charge in [-0.3, -0.25) is 9.59 Å². The quantitative estimate of drug-likeness (QED) is 0.773. The SMILES string of the molecule is CCOC(=O)CCC(=O)NCc1sccc1CC. The number of thiophene rings is 1. The Morgan fingerprint density at radius 2 is 2.11 bits per heavy atom. The van der Waals surface area contributed by atoms with Crippen LogP contribution in [0.3, 0.4) is 0 Å². The van der Waals surface area contributed by atoms with Crippen LogP contribution in [0.2, 0.25) is 0 Å². The zero-order valence-electron chi connectivity index (χ0n) is 10.8. The van der Waals surface area contributed by atoms with Gasteiger partial charge < -0.3 is 10.1 Å². The molecule has 0 fully saturated rings. The van der Waals surface area contributed by atoms with Crippen LogP contribution in [0, 0.1) is 0 Å². The van der Waals surface area contributed by atoms with E-state index in [-0.39, 0.29) is 24.7 Å². The third-order valence-electron chi connectivity index (χ3n) is 2.53. The summed E-state index contributed by atoms with van der Waals surface area (Å²) >= 11 is 1.64. The van der Waals surface area contributed by atoms with Gasteiger partial charge in [-0.15, -0.1) is 11.3 Å². The number of carbonyl (C=O) groups excluding carboxylic acids is 2. The fourth-order valence-electron chi connectivity index (χ4n) is 1.55. The van der Waals surface area contributed by atoms with Crippen LogP contribution in [0.15, 0.2) is 11.4 Å². The Kier molecular flexibility index (Phi) is 6.43. The fraction of sp³-hybridized carbons (Fsp3) is 0.538. The molecule has 18 heavy (non-hydrogen) atoms. The highest BCUT2D eigenvalue weighted by molar-refractivity contribution is 7.10. The van der Waals surface area contributed by atoms with E-state index in [1.54, 1.807) is 18.3 Å². The average Bonchev–Trinajstić information content (AvgIpc) is 2.81. The maximum absolute atomic E-state index is 11.5. The van der Waals surface area contributed by atoms with E-state index in [2.05, 4.69) is 18.3 Å². The topological polar surface area (TPSA) is 55.4 Å². The Morgan fingerprint density at radius 1 is 1.33 bits per heavy atom. The molecule has 0 spiro atoms. The number of nitrogens with one attached hydrogen (secondary N) is 1. The van der Waals surface area contributed by atoms with Crippen molar-refractivity contribution in [3.8, 4) is 0 Å². The van der Waals surface area contributed by atoms with Gasteiger partial charge in [-0.1, -0.05) is 6.92 Å². The van der Waals surface area contributed by atoms with Crippen LogP contribution >= 0.6 is 11.3 Å². The molecule has 4 nitrogen and oxygen atoms in total. The van der Waals surface area contributed by atoms with E-state index >= 15 is 0 Å². The third-order valence-corrected chi connectivity index (χ3v) is 3.49. The van der Waals surface area contributed by atoms with Gasteiger partial charge in [0.05, 0.1) is 19.6 Å². The molecule has 0 unspecified atom stereocenters. The zero-order valence-corrected chi connectivity index (χ0v) is 11.6. The Hall–Kier alpha value is -1.36. The fourth-order valence-corrected chi connectivity index (χ4v) is 2.47. The number of rotatable bonds is 7. The molecule has 1 amide bonds. The summed E-state index contributed by atoms with van der Waals surface area (Å²) in [5.41, 5.74) is 1.27. The van der Waals surface area contributed by atoms with Crippen LogP contribution in [-0.2, 0) is 27.3 Å². The van der Waals surface area contributed by atoms with E-state index in [0.29, 0.717) is 13.2 Å².